The number of allylic oxidation sites excluding steroid dienone is 2. The van der Waals surface area contributed by atoms with Gasteiger partial charge in [0.2, 0.25) is 0 Å². The number of fused-ring (bicyclic) bond motifs is 1. The molecule has 3 unspecified atom stereocenters. The molecule has 2 rings (SSSR count). The van der Waals surface area contributed by atoms with Crippen LogP contribution in [0.4, 0.5) is 0 Å². The molecule has 0 bridgehead atoms. The van der Waals surface area contributed by atoms with E-state index < -0.39 is 0 Å². The molecule has 0 amide bonds. The SMILES string of the molecule is CCCC(CC)C1=CCC2CCC12. The smallest absolute Gasteiger partial charge is 0.0169 e. The molecule has 0 heterocycles. The highest BCUT2D eigenvalue weighted by molar-refractivity contribution is 5.21. The van der Waals surface area contributed by atoms with Gasteiger partial charge in [-0.3, -0.25) is 0 Å². The highest BCUT2D eigenvalue weighted by atomic mass is 14.4. The second-order valence-electron chi connectivity index (χ2n) is 4.78. The highest BCUT2D eigenvalue weighted by Crippen LogP contribution is 2.50. The van der Waals surface area contributed by atoms with E-state index in [1.54, 1.807) is 0 Å². The lowest BCUT2D eigenvalue weighted by atomic mass is 9.70. The van der Waals surface area contributed by atoms with E-state index in [1.165, 1.54) is 38.5 Å². The normalized spacial score (nSPS) is 33.5. The molecule has 0 heteroatoms. The topological polar surface area (TPSA) is 0 Å². The quantitative estimate of drug-likeness (QED) is 0.567. The fourth-order valence-electron chi connectivity index (χ4n) is 3.15. The summed E-state index contributed by atoms with van der Waals surface area (Å²) < 4.78 is 0. The maximum absolute atomic E-state index is 2.58. The fourth-order valence-corrected chi connectivity index (χ4v) is 3.15. The molecule has 2 aliphatic rings. The van der Waals surface area contributed by atoms with Crippen LogP contribution in [0.15, 0.2) is 11.6 Å². The van der Waals surface area contributed by atoms with Crippen molar-refractivity contribution >= 4 is 0 Å². The Morgan fingerprint density at radius 3 is 2.69 bits per heavy atom. The van der Waals surface area contributed by atoms with Gasteiger partial charge in [-0.1, -0.05) is 31.9 Å². The van der Waals surface area contributed by atoms with Crippen LogP contribution in [0, 0.1) is 17.8 Å². The summed E-state index contributed by atoms with van der Waals surface area (Å²) in [5.41, 5.74) is 1.85. The summed E-state index contributed by atoms with van der Waals surface area (Å²) >= 11 is 0. The molecule has 0 N–H and O–H groups in total. The van der Waals surface area contributed by atoms with Crippen LogP contribution in [-0.2, 0) is 0 Å². The van der Waals surface area contributed by atoms with E-state index in [0.29, 0.717) is 0 Å². The Labute approximate surface area is 82.4 Å². The molecule has 0 nitrogen and oxygen atoms in total. The van der Waals surface area contributed by atoms with Gasteiger partial charge in [0.15, 0.2) is 0 Å². The van der Waals surface area contributed by atoms with Gasteiger partial charge in [-0.25, -0.2) is 0 Å². The lowest BCUT2D eigenvalue weighted by molar-refractivity contribution is 0.222. The zero-order valence-corrected chi connectivity index (χ0v) is 9.05. The van der Waals surface area contributed by atoms with Gasteiger partial charge in [0.1, 0.15) is 0 Å². The summed E-state index contributed by atoms with van der Waals surface area (Å²) in [5, 5.41) is 0. The van der Waals surface area contributed by atoms with Crippen molar-refractivity contribution in [3.8, 4) is 0 Å². The van der Waals surface area contributed by atoms with Crippen LogP contribution in [-0.4, -0.2) is 0 Å². The molecule has 74 valence electrons. The third-order valence-electron chi connectivity index (χ3n) is 4.10. The van der Waals surface area contributed by atoms with E-state index in [4.69, 9.17) is 0 Å². The fraction of sp³-hybridized carbons (Fsp3) is 0.846. The van der Waals surface area contributed by atoms with Crippen LogP contribution in [0.25, 0.3) is 0 Å². The molecule has 1 saturated carbocycles. The largest absolute Gasteiger partial charge is 0.0845 e. The standard InChI is InChI=1S/C13H22/c1-3-5-10(4-2)12-8-6-11-7-9-13(11)12/h8,10-11,13H,3-7,9H2,1-2H3. The van der Waals surface area contributed by atoms with Crippen molar-refractivity contribution in [2.24, 2.45) is 17.8 Å². The molecule has 0 spiro atoms. The lowest BCUT2D eigenvalue weighted by Gasteiger charge is -2.35. The average Bonchev–Trinajstić information content (AvgIpc) is 2.37. The molecule has 13 heavy (non-hydrogen) atoms. The average molecular weight is 178 g/mol. The van der Waals surface area contributed by atoms with Crippen LogP contribution >= 0.6 is 0 Å². The molecular formula is C13H22. The summed E-state index contributed by atoms with van der Waals surface area (Å²) in [6.45, 7) is 4.67. The Balaban J connectivity index is 1.98. The predicted octanol–water partition coefficient (Wildman–Crippen LogP) is 4.17. The Bertz CT molecular complexity index is 202. The van der Waals surface area contributed by atoms with Crippen LogP contribution in [0.5, 0.6) is 0 Å². The van der Waals surface area contributed by atoms with Crippen molar-refractivity contribution in [1.82, 2.24) is 0 Å². The first kappa shape index (κ1) is 9.30. The van der Waals surface area contributed by atoms with Crippen LogP contribution in [0.2, 0.25) is 0 Å². The zero-order valence-electron chi connectivity index (χ0n) is 9.05. The summed E-state index contributed by atoms with van der Waals surface area (Å²) in [7, 11) is 0. The van der Waals surface area contributed by atoms with E-state index >= 15 is 0 Å². The summed E-state index contributed by atoms with van der Waals surface area (Å²) in [4.78, 5) is 0. The van der Waals surface area contributed by atoms with E-state index in [1.807, 2.05) is 5.57 Å². The second-order valence-corrected chi connectivity index (χ2v) is 4.78. The highest BCUT2D eigenvalue weighted by Gasteiger charge is 2.38. The molecule has 0 aromatic carbocycles. The van der Waals surface area contributed by atoms with Crippen molar-refractivity contribution in [3.63, 3.8) is 0 Å². The molecule has 0 aromatic rings. The van der Waals surface area contributed by atoms with Gasteiger partial charge in [-0.2, -0.15) is 0 Å². The van der Waals surface area contributed by atoms with Crippen molar-refractivity contribution < 1.29 is 0 Å². The molecule has 0 aliphatic heterocycles. The van der Waals surface area contributed by atoms with Gasteiger partial charge < -0.3 is 0 Å². The second kappa shape index (κ2) is 3.86. The summed E-state index contributed by atoms with van der Waals surface area (Å²) in [6.07, 6.45) is 11.1. The summed E-state index contributed by atoms with van der Waals surface area (Å²) in [5.74, 6) is 3.03. The number of rotatable bonds is 4. The molecule has 0 radical (unpaired) electrons. The molecule has 3 atom stereocenters. The maximum atomic E-state index is 2.58. The van der Waals surface area contributed by atoms with Crippen LogP contribution < -0.4 is 0 Å². The van der Waals surface area contributed by atoms with Gasteiger partial charge in [-0.05, 0) is 49.9 Å². The number of hydrogen-bond donors (Lipinski definition) is 0. The minimum Gasteiger partial charge on any atom is -0.0845 e. The molecule has 0 saturated heterocycles. The first-order valence-electron chi connectivity index (χ1n) is 6.06. The zero-order chi connectivity index (χ0) is 9.26. The third kappa shape index (κ3) is 1.56. The van der Waals surface area contributed by atoms with E-state index in [2.05, 4.69) is 19.9 Å². The van der Waals surface area contributed by atoms with Gasteiger partial charge in [-0.15, -0.1) is 0 Å². The Hall–Kier alpha value is -0.260. The third-order valence-corrected chi connectivity index (χ3v) is 4.10. The van der Waals surface area contributed by atoms with Gasteiger partial charge in [0, 0.05) is 0 Å². The minimum absolute atomic E-state index is 0.931. The number of hydrogen-bond acceptors (Lipinski definition) is 0. The Morgan fingerprint density at radius 2 is 2.23 bits per heavy atom. The van der Waals surface area contributed by atoms with Crippen molar-refractivity contribution in [2.75, 3.05) is 0 Å². The lowest BCUT2D eigenvalue weighted by Crippen LogP contribution is -2.25. The van der Waals surface area contributed by atoms with Crippen LogP contribution in [0.1, 0.15) is 52.4 Å². The predicted molar refractivity (Wildman–Crippen MR) is 57.6 cm³/mol. The first-order valence-corrected chi connectivity index (χ1v) is 6.06. The summed E-state index contributed by atoms with van der Waals surface area (Å²) in [6, 6.07) is 0. The maximum Gasteiger partial charge on any atom is -0.0169 e. The van der Waals surface area contributed by atoms with Gasteiger partial charge in [0.05, 0.1) is 0 Å². The monoisotopic (exact) mass is 178 g/mol. The molecule has 0 aromatic heterocycles. The van der Waals surface area contributed by atoms with E-state index in [-0.39, 0.29) is 0 Å². The van der Waals surface area contributed by atoms with Crippen molar-refractivity contribution in [3.05, 3.63) is 11.6 Å². The minimum atomic E-state index is 0.931. The first-order chi connectivity index (χ1) is 6.36. The molecule has 2 aliphatic carbocycles. The van der Waals surface area contributed by atoms with Gasteiger partial charge in [0.25, 0.3) is 0 Å². The van der Waals surface area contributed by atoms with Crippen molar-refractivity contribution in [2.45, 2.75) is 52.4 Å². The molecular weight excluding hydrogens is 156 g/mol. The molecule has 1 fully saturated rings. The Kier molecular flexibility index (Phi) is 2.76. The van der Waals surface area contributed by atoms with Gasteiger partial charge >= 0.3 is 0 Å². The van der Waals surface area contributed by atoms with E-state index in [0.717, 1.165) is 17.8 Å². The Morgan fingerprint density at radius 1 is 1.38 bits per heavy atom. The van der Waals surface area contributed by atoms with Crippen LogP contribution in [0.3, 0.4) is 0 Å². The van der Waals surface area contributed by atoms with E-state index in [9.17, 15) is 0 Å². The van der Waals surface area contributed by atoms with Crippen molar-refractivity contribution in [1.29, 1.82) is 0 Å².